The summed E-state index contributed by atoms with van der Waals surface area (Å²) in [7, 11) is 1.52. The van der Waals surface area contributed by atoms with E-state index in [1.807, 2.05) is 0 Å². The highest BCUT2D eigenvalue weighted by molar-refractivity contribution is 5.88. The van der Waals surface area contributed by atoms with Crippen molar-refractivity contribution in [3.05, 3.63) is 29.6 Å². The van der Waals surface area contributed by atoms with E-state index in [0.29, 0.717) is 6.61 Å². The number of carbonyl (C=O) groups is 1. The second kappa shape index (κ2) is 5.46. The van der Waals surface area contributed by atoms with Crippen molar-refractivity contribution in [2.75, 3.05) is 13.7 Å². The molecule has 16 heavy (non-hydrogen) atoms. The Morgan fingerprint density at radius 2 is 2.19 bits per heavy atom. The third-order valence-corrected chi connectivity index (χ3v) is 1.86. The van der Waals surface area contributed by atoms with Crippen molar-refractivity contribution in [1.29, 1.82) is 0 Å². The summed E-state index contributed by atoms with van der Waals surface area (Å²) in [6, 6.07) is 3.35. The lowest BCUT2D eigenvalue weighted by Gasteiger charge is -2.14. The molecule has 0 heterocycles. The summed E-state index contributed by atoms with van der Waals surface area (Å²) < 4.78 is 23.2. The van der Waals surface area contributed by atoms with Gasteiger partial charge in [0.05, 0.1) is 12.2 Å². The Balaban J connectivity index is 2.84. The number of halogens is 1. The minimum absolute atomic E-state index is 0.139. The van der Waals surface area contributed by atoms with Crippen molar-refractivity contribution >= 4 is 5.97 Å². The minimum atomic E-state index is -1.19. The zero-order valence-electron chi connectivity index (χ0n) is 9.07. The Labute approximate surface area is 92.6 Å². The highest BCUT2D eigenvalue weighted by Crippen LogP contribution is 2.17. The van der Waals surface area contributed by atoms with Gasteiger partial charge < -0.3 is 14.6 Å². The monoisotopic (exact) mass is 228 g/mol. The van der Waals surface area contributed by atoms with Gasteiger partial charge in [-0.3, -0.25) is 0 Å². The first kappa shape index (κ1) is 12.4. The molecule has 0 spiro atoms. The van der Waals surface area contributed by atoms with Crippen LogP contribution >= 0.6 is 0 Å². The fourth-order valence-corrected chi connectivity index (χ4v) is 1.26. The Bertz CT molecular complexity index is 378. The van der Waals surface area contributed by atoms with Crippen molar-refractivity contribution in [2.24, 2.45) is 0 Å². The van der Waals surface area contributed by atoms with Gasteiger partial charge >= 0.3 is 5.97 Å². The Hall–Kier alpha value is -1.62. The maximum atomic E-state index is 13.0. The van der Waals surface area contributed by atoms with Crippen LogP contribution in [0, 0.1) is 5.82 Å². The van der Waals surface area contributed by atoms with Gasteiger partial charge in [0.1, 0.15) is 17.7 Å². The quantitative estimate of drug-likeness (QED) is 0.836. The van der Waals surface area contributed by atoms with Gasteiger partial charge in [0, 0.05) is 13.2 Å². The lowest BCUT2D eigenvalue weighted by molar-refractivity contribution is 0.0693. The molecule has 0 aliphatic heterocycles. The van der Waals surface area contributed by atoms with Gasteiger partial charge in [-0.2, -0.15) is 0 Å². The molecule has 0 saturated carbocycles. The average molecular weight is 228 g/mol. The number of rotatable bonds is 5. The Morgan fingerprint density at radius 3 is 2.75 bits per heavy atom. The minimum Gasteiger partial charge on any atom is -0.488 e. The first-order chi connectivity index (χ1) is 7.52. The van der Waals surface area contributed by atoms with E-state index >= 15 is 0 Å². The second-order valence-electron chi connectivity index (χ2n) is 3.36. The third kappa shape index (κ3) is 3.51. The fraction of sp³-hybridized carbons (Fsp3) is 0.364. The van der Waals surface area contributed by atoms with E-state index in [2.05, 4.69) is 0 Å². The average Bonchev–Trinajstić information content (AvgIpc) is 2.16. The van der Waals surface area contributed by atoms with E-state index < -0.39 is 11.8 Å². The number of hydrogen-bond donors (Lipinski definition) is 1. The van der Waals surface area contributed by atoms with E-state index in [1.165, 1.54) is 13.2 Å². The van der Waals surface area contributed by atoms with Gasteiger partial charge in [0.2, 0.25) is 0 Å². The van der Waals surface area contributed by atoms with Gasteiger partial charge in [0.25, 0.3) is 0 Å². The molecule has 0 amide bonds. The van der Waals surface area contributed by atoms with Gasteiger partial charge in [-0.05, 0) is 19.1 Å². The molecule has 1 aromatic rings. The van der Waals surface area contributed by atoms with Crippen LogP contribution in [-0.4, -0.2) is 30.9 Å². The van der Waals surface area contributed by atoms with Crippen LogP contribution in [0.15, 0.2) is 18.2 Å². The zero-order valence-corrected chi connectivity index (χ0v) is 9.07. The van der Waals surface area contributed by atoms with E-state index in [1.54, 1.807) is 6.92 Å². The molecule has 1 rings (SSSR count). The summed E-state index contributed by atoms with van der Waals surface area (Å²) in [4.78, 5) is 10.7. The summed E-state index contributed by atoms with van der Waals surface area (Å²) >= 11 is 0. The van der Waals surface area contributed by atoms with Crippen LogP contribution in [0.5, 0.6) is 5.75 Å². The second-order valence-corrected chi connectivity index (χ2v) is 3.36. The first-order valence-corrected chi connectivity index (χ1v) is 4.72. The highest BCUT2D eigenvalue weighted by atomic mass is 19.1. The predicted molar refractivity (Wildman–Crippen MR) is 55.3 cm³/mol. The molecule has 0 fully saturated rings. The maximum absolute atomic E-state index is 13.0. The molecule has 0 aromatic heterocycles. The lowest BCUT2D eigenvalue weighted by atomic mass is 10.2. The highest BCUT2D eigenvalue weighted by Gasteiger charge is 2.10. The fourth-order valence-electron chi connectivity index (χ4n) is 1.26. The SMILES string of the molecule is COCC(C)Oc1cc(F)cc(C(=O)O)c1. The maximum Gasteiger partial charge on any atom is 0.335 e. The summed E-state index contributed by atoms with van der Waals surface area (Å²) in [6.07, 6.45) is -0.270. The number of methoxy groups -OCH3 is 1. The number of carboxylic acids is 1. The van der Waals surface area contributed by atoms with Crippen molar-refractivity contribution in [3.8, 4) is 5.75 Å². The third-order valence-electron chi connectivity index (χ3n) is 1.86. The molecule has 4 nitrogen and oxygen atoms in total. The molecule has 0 bridgehead atoms. The van der Waals surface area contributed by atoms with Crippen LogP contribution < -0.4 is 4.74 Å². The number of carboxylic acid groups (broad SMARTS) is 1. The Morgan fingerprint density at radius 1 is 1.50 bits per heavy atom. The summed E-state index contributed by atoms with van der Waals surface area (Å²) in [5, 5.41) is 8.72. The van der Waals surface area contributed by atoms with Crippen LogP contribution in [-0.2, 0) is 4.74 Å². The lowest BCUT2D eigenvalue weighted by Crippen LogP contribution is -2.18. The molecule has 1 unspecified atom stereocenters. The molecule has 0 aliphatic carbocycles. The Kier molecular flexibility index (Phi) is 4.25. The largest absolute Gasteiger partial charge is 0.488 e. The summed E-state index contributed by atoms with van der Waals surface area (Å²) in [5.41, 5.74) is -0.139. The standard InChI is InChI=1S/C11H13FO4/c1-7(6-15-2)16-10-4-8(11(13)14)3-9(12)5-10/h3-5,7H,6H2,1-2H3,(H,13,14). The van der Waals surface area contributed by atoms with E-state index in [0.717, 1.165) is 12.1 Å². The molecule has 0 aliphatic rings. The molecule has 5 heteroatoms. The van der Waals surface area contributed by atoms with Crippen molar-refractivity contribution in [3.63, 3.8) is 0 Å². The number of ether oxygens (including phenoxy) is 2. The van der Waals surface area contributed by atoms with Gasteiger partial charge in [-0.1, -0.05) is 0 Å². The molecule has 88 valence electrons. The van der Waals surface area contributed by atoms with E-state index in [9.17, 15) is 9.18 Å². The summed E-state index contributed by atoms with van der Waals surface area (Å²) in [5.74, 6) is -1.65. The van der Waals surface area contributed by atoms with E-state index in [-0.39, 0.29) is 17.4 Å². The number of aromatic carboxylic acids is 1. The number of hydrogen-bond acceptors (Lipinski definition) is 3. The van der Waals surface area contributed by atoms with Crippen LogP contribution in [0.2, 0.25) is 0 Å². The van der Waals surface area contributed by atoms with Crippen molar-refractivity contribution in [2.45, 2.75) is 13.0 Å². The predicted octanol–water partition coefficient (Wildman–Crippen LogP) is 1.94. The van der Waals surface area contributed by atoms with Gasteiger partial charge in [-0.15, -0.1) is 0 Å². The first-order valence-electron chi connectivity index (χ1n) is 4.72. The van der Waals surface area contributed by atoms with Crippen LogP contribution in [0.25, 0.3) is 0 Å². The van der Waals surface area contributed by atoms with Crippen molar-refractivity contribution < 1.29 is 23.8 Å². The molecular weight excluding hydrogens is 215 g/mol. The van der Waals surface area contributed by atoms with Crippen LogP contribution in [0.3, 0.4) is 0 Å². The normalized spacial score (nSPS) is 12.2. The zero-order chi connectivity index (χ0) is 12.1. The number of benzene rings is 1. The molecular formula is C11H13FO4. The molecule has 0 radical (unpaired) electrons. The topological polar surface area (TPSA) is 55.8 Å². The van der Waals surface area contributed by atoms with E-state index in [4.69, 9.17) is 14.6 Å². The van der Waals surface area contributed by atoms with Crippen molar-refractivity contribution in [1.82, 2.24) is 0 Å². The van der Waals surface area contributed by atoms with Gasteiger partial charge in [0.15, 0.2) is 0 Å². The van der Waals surface area contributed by atoms with Gasteiger partial charge in [-0.25, -0.2) is 9.18 Å². The molecule has 0 saturated heterocycles. The van der Waals surface area contributed by atoms with Crippen LogP contribution in [0.4, 0.5) is 4.39 Å². The van der Waals surface area contributed by atoms with Crippen LogP contribution in [0.1, 0.15) is 17.3 Å². The molecule has 1 aromatic carbocycles. The summed E-state index contributed by atoms with van der Waals surface area (Å²) in [6.45, 7) is 2.09. The molecule has 1 N–H and O–H groups in total. The molecule has 1 atom stereocenters. The smallest absolute Gasteiger partial charge is 0.335 e.